The van der Waals surface area contributed by atoms with Gasteiger partial charge in [0.2, 0.25) is 11.8 Å². The first kappa shape index (κ1) is 28.3. The number of hydrogen-bond acceptors (Lipinski definition) is 7. The highest BCUT2D eigenvalue weighted by Gasteiger charge is 2.50. The van der Waals surface area contributed by atoms with Gasteiger partial charge in [-0.2, -0.15) is 0 Å². The van der Waals surface area contributed by atoms with Gasteiger partial charge in [0.05, 0.1) is 22.7 Å². The first-order chi connectivity index (χ1) is 20.0. The highest BCUT2D eigenvalue weighted by atomic mass is 35.5. The number of nitrogens with zero attached hydrogens (tertiary/aromatic N) is 4. The van der Waals surface area contributed by atoms with Crippen molar-refractivity contribution < 1.29 is 19.1 Å². The second kappa shape index (κ2) is 10.8. The van der Waals surface area contributed by atoms with Crippen molar-refractivity contribution in [1.82, 2.24) is 25.4 Å². The molecule has 1 unspecified atom stereocenters. The minimum atomic E-state index is -1.41. The van der Waals surface area contributed by atoms with Crippen LogP contribution in [-0.2, 0) is 21.7 Å². The monoisotopic (exact) mass is 587 g/mol. The lowest BCUT2D eigenvalue weighted by molar-refractivity contribution is -0.134. The first-order valence-electron chi connectivity index (χ1n) is 14.0. The Kier molecular flexibility index (Phi) is 7.29. The van der Waals surface area contributed by atoms with Crippen LogP contribution in [0, 0.1) is 11.2 Å². The summed E-state index contributed by atoms with van der Waals surface area (Å²) in [5.74, 6) is -1.80. The fourth-order valence-electron chi connectivity index (χ4n) is 6.27. The molecule has 2 fully saturated rings. The van der Waals surface area contributed by atoms with E-state index in [1.165, 1.54) is 0 Å². The number of rotatable bonds is 5. The lowest BCUT2D eigenvalue weighted by atomic mass is 9.66. The molecular weight excluding hydrogens is 557 g/mol. The smallest absolute Gasteiger partial charge is 0.234 e. The molecular formula is C32H31ClFN5O3. The summed E-state index contributed by atoms with van der Waals surface area (Å²) >= 11 is 5.85. The Bertz CT molecular complexity index is 1680. The van der Waals surface area contributed by atoms with Gasteiger partial charge in [-0.25, -0.2) is 4.39 Å². The predicted octanol–water partition coefficient (Wildman–Crippen LogP) is 5.12. The Morgan fingerprint density at radius 1 is 1.10 bits per heavy atom. The number of carbonyl (C=O) groups excluding carboxylic acids is 2. The van der Waals surface area contributed by atoms with E-state index in [0.29, 0.717) is 48.7 Å². The van der Waals surface area contributed by atoms with E-state index in [9.17, 15) is 14.7 Å². The van der Waals surface area contributed by atoms with Crippen LogP contribution in [0.2, 0.25) is 5.15 Å². The Labute approximate surface area is 247 Å². The summed E-state index contributed by atoms with van der Waals surface area (Å²) in [6, 6.07) is 16.6. The summed E-state index contributed by atoms with van der Waals surface area (Å²) in [5.41, 5.74) is 1.95. The van der Waals surface area contributed by atoms with Crippen molar-refractivity contribution in [3.63, 3.8) is 0 Å². The number of aliphatic hydroxyl groups is 1. The van der Waals surface area contributed by atoms with Gasteiger partial charge < -0.3 is 5.11 Å². The number of imide groups is 1. The Morgan fingerprint density at radius 3 is 2.57 bits per heavy atom. The van der Waals surface area contributed by atoms with Crippen LogP contribution in [0.1, 0.15) is 55.7 Å². The number of likely N-dealkylation sites (tertiary alicyclic amines) is 1. The van der Waals surface area contributed by atoms with E-state index in [4.69, 9.17) is 11.6 Å². The van der Waals surface area contributed by atoms with Gasteiger partial charge in [0.1, 0.15) is 5.82 Å². The molecule has 42 heavy (non-hydrogen) atoms. The van der Waals surface area contributed by atoms with E-state index in [1.54, 1.807) is 30.5 Å². The number of pyridine rings is 1. The maximum atomic E-state index is 16.2. The molecule has 2 saturated heterocycles. The standard InChI is InChI=1S/C32H31ClFN5O3/c1-31(2)18-39(17-19-3-5-20(6-4-19)25-10-11-27(33)38-37-25)14-13-32(31,42)24-8-9-26-23(29(24)34)15-21(16-35-26)22-7-12-28(40)36-30(22)41/h3-6,8-11,15-16,22,42H,7,12-14,17-18H2,1-2H3,(H,36,40,41)/t22?,32-/m0/s1. The van der Waals surface area contributed by atoms with Crippen LogP contribution in [0.15, 0.2) is 60.8 Å². The highest BCUT2D eigenvalue weighted by Crippen LogP contribution is 2.48. The molecule has 6 rings (SSSR count). The third-order valence-corrected chi connectivity index (χ3v) is 8.93. The molecule has 2 atom stereocenters. The lowest BCUT2D eigenvalue weighted by Crippen LogP contribution is -2.55. The molecule has 0 aliphatic carbocycles. The molecule has 216 valence electrons. The quantitative estimate of drug-likeness (QED) is 0.312. The van der Waals surface area contributed by atoms with Crippen LogP contribution in [0.25, 0.3) is 22.2 Å². The zero-order valence-electron chi connectivity index (χ0n) is 23.4. The van der Waals surface area contributed by atoms with E-state index in [-0.39, 0.29) is 23.3 Å². The summed E-state index contributed by atoms with van der Waals surface area (Å²) < 4.78 is 16.2. The van der Waals surface area contributed by atoms with Crippen LogP contribution in [-0.4, -0.2) is 50.1 Å². The molecule has 8 nitrogen and oxygen atoms in total. The van der Waals surface area contributed by atoms with Crippen LogP contribution in [0.4, 0.5) is 4.39 Å². The molecule has 10 heteroatoms. The molecule has 0 saturated carbocycles. The Balaban J connectivity index is 1.22. The number of amides is 2. The SMILES string of the molecule is CC1(C)CN(Cc2ccc(-c3ccc(Cl)nn3)cc2)CC[C@]1(O)c1ccc2ncc(C3CCC(=O)NC3=O)cc2c1F. The second-order valence-corrected chi connectivity index (χ2v) is 12.3. The van der Waals surface area contributed by atoms with E-state index in [2.05, 4.69) is 37.5 Å². The van der Waals surface area contributed by atoms with E-state index < -0.39 is 28.7 Å². The molecule has 2 aromatic heterocycles. The number of aromatic nitrogens is 3. The molecule has 2 N–H and O–H groups in total. The first-order valence-corrected chi connectivity index (χ1v) is 14.4. The van der Waals surface area contributed by atoms with Crippen LogP contribution < -0.4 is 5.32 Å². The highest BCUT2D eigenvalue weighted by molar-refractivity contribution is 6.29. The number of benzene rings is 2. The van der Waals surface area contributed by atoms with Crippen molar-refractivity contribution in [1.29, 1.82) is 0 Å². The van der Waals surface area contributed by atoms with Gasteiger partial charge in [0.15, 0.2) is 5.15 Å². The molecule has 4 aromatic rings. The van der Waals surface area contributed by atoms with Crippen LogP contribution in [0.5, 0.6) is 0 Å². The molecule has 2 amide bonds. The van der Waals surface area contributed by atoms with Gasteiger partial charge in [-0.05, 0) is 48.2 Å². The summed E-state index contributed by atoms with van der Waals surface area (Å²) in [5, 5.41) is 23.0. The molecule has 0 radical (unpaired) electrons. The van der Waals surface area contributed by atoms with Crippen molar-refractivity contribution in [2.24, 2.45) is 5.41 Å². The molecule has 0 bridgehead atoms. The van der Waals surface area contributed by atoms with Gasteiger partial charge in [-0.15, -0.1) is 10.2 Å². The van der Waals surface area contributed by atoms with Gasteiger partial charge in [0, 0.05) is 54.2 Å². The normalized spacial score (nSPS) is 22.7. The molecule has 4 heterocycles. The van der Waals surface area contributed by atoms with Gasteiger partial charge in [0.25, 0.3) is 0 Å². The van der Waals surface area contributed by atoms with Gasteiger partial charge in [-0.1, -0.05) is 55.8 Å². The number of halogens is 2. The number of fused-ring (bicyclic) bond motifs is 1. The Morgan fingerprint density at radius 2 is 1.88 bits per heavy atom. The average molecular weight is 588 g/mol. The second-order valence-electron chi connectivity index (χ2n) is 11.9. The zero-order valence-corrected chi connectivity index (χ0v) is 24.2. The maximum Gasteiger partial charge on any atom is 0.234 e. The molecule has 2 aliphatic heterocycles. The summed E-state index contributed by atoms with van der Waals surface area (Å²) in [4.78, 5) is 30.7. The van der Waals surface area contributed by atoms with Crippen molar-refractivity contribution in [3.8, 4) is 11.3 Å². The van der Waals surface area contributed by atoms with E-state index in [1.807, 2.05) is 32.0 Å². The third-order valence-electron chi connectivity index (χ3n) is 8.72. The molecule has 0 spiro atoms. The van der Waals surface area contributed by atoms with Crippen molar-refractivity contribution in [2.45, 2.75) is 51.2 Å². The van der Waals surface area contributed by atoms with Crippen LogP contribution in [0.3, 0.4) is 0 Å². The lowest BCUT2D eigenvalue weighted by Gasteiger charge is -2.50. The summed E-state index contributed by atoms with van der Waals surface area (Å²) in [6.07, 6.45) is 2.49. The fourth-order valence-corrected chi connectivity index (χ4v) is 6.37. The summed E-state index contributed by atoms with van der Waals surface area (Å²) in [6.45, 7) is 5.74. The number of piperidine rings is 2. The van der Waals surface area contributed by atoms with Crippen molar-refractivity contribution >= 4 is 34.3 Å². The fraction of sp³-hybridized carbons (Fsp3) is 0.344. The molecule has 2 aromatic carbocycles. The van der Waals surface area contributed by atoms with Crippen molar-refractivity contribution in [3.05, 3.63) is 88.5 Å². The Hall–Kier alpha value is -3.79. The minimum absolute atomic E-state index is 0.225. The average Bonchev–Trinajstić information content (AvgIpc) is 2.96. The summed E-state index contributed by atoms with van der Waals surface area (Å²) in [7, 11) is 0. The van der Waals surface area contributed by atoms with Crippen LogP contribution >= 0.6 is 11.6 Å². The molecule has 2 aliphatic rings. The number of carbonyl (C=O) groups is 2. The number of nitrogens with one attached hydrogen (secondary N) is 1. The number of hydrogen-bond donors (Lipinski definition) is 2. The predicted molar refractivity (Wildman–Crippen MR) is 157 cm³/mol. The van der Waals surface area contributed by atoms with E-state index >= 15 is 4.39 Å². The maximum absolute atomic E-state index is 16.2. The minimum Gasteiger partial charge on any atom is -0.384 e. The van der Waals surface area contributed by atoms with Gasteiger partial charge in [-0.3, -0.25) is 24.8 Å². The topological polar surface area (TPSA) is 108 Å². The van der Waals surface area contributed by atoms with Crippen molar-refractivity contribution in [2.75, 3.05) is 13.1 Å². The van der Waals surface area contributed by atoms with Gasteiger partial charge >= 0.3 is 0 Å². The largest absolute Gasteiger partial charge is 0.384 e. The third kappa shape index (κ3) is 5.17. The van der Waals surface area contributed by atoms with E-state index in [0.717, 1.165) is 16.8 Å². The zero-order chi connectivity index (χ0) is 29.6.